The first-order valence-electron chi connectivity index (χ1n) is 6.23. The standard InChI is InChI=1S/C12H15BF3S2.K/c1-2-3-4-5-6-9-7-10-11(17-9)8-12(18-10)13(14,15)16;/h7-8H,2-6H2,1H3;/q-1;+1. The number of fused-ring (bicyclic) bond motifs is 1. The molecule has 0 nitrogen and oxygen atoms in total. The molecule has 0 aliphatic carbocycles. The monoisotopic (exact) mass is 330 g/mol. The largest absolute Gasteiger partial charge is 1.00 e. The number of hydrogen-bond donors (Lipinski definition) is 0. The maximum atomic E-state index is 12.6. The maximum Gasteiger partial charge on any atom is 1.00 e. The molecule has 0 unspecified atom stereocenters. The molecule has 0 radical (unpaired) electrons. The third-order valence-electron chi connectivity index (χ3n) is 2.88. The van der Waals surface area contributed by atoms with E-state index >= 15 is 0 Å². The average molecular weight is 330 g/mol. The predicted octanol–water partition coefficient (Wildman–Crippen LogP) is 2.14. The van der Waals surface area contributed by atoms with Crippen LogP contribution in [0.25, 0.3) is 9.40 Å². The molecule has 19 heavy (non-hydrogen) atoms. The van der Waals surface area contributed by atoms with Gasteiger partial charge in [0.1, 0.15) is 0 Å². The number of rotatable bonds is 6. The second kappa shape index (κ2) is 7.96. The minimum atomic E-state index is -4.84. The van der Waals surface area contributed by atoms with Crippen LogP contribution in [-0.4, -0.2) is 6.98 Å². The van der Waals surface area contributed by atoms with Gasteiger partial charge in [-0.2, -0.15) is 11.3 Å². The first-order chi connectivity index (χ1) is 8.50. The first-order valence-corrected chi connectivity index (χ1v) is 7.86. The summed E-state index contributed by atoms with van der Waals surface area (Å²) in [5, 5.41) is 0. The Morgan fingerprint density at radius 3 is 2.26 bits per heavy atom. The van der Waals surface area contributed by atoms with Gasteiger partial charge in [-0.15, -0.1) is 11.3 Å². The molecular formula is C12H15BF3KS2. The van der Waals surface area contributed by atoms with Gasteiger partial charge in [0.2, 0.25) is 0 Å². The molecule has 2 rings (SSSR count). The normalized spacial score (nSPS) is 11.8. The molecule has 0 atom stereocenters. The van der Waals surface area contributed by atoms with Crippen LogP contribution in [0.2, 0.25) is 0 Å². The zero-order chi connectivity index (χ0) is 13.2. The molecule has 0 aliphatic heterocycles. The zero-order valence-corrected chi connectivity index (χ0v) is 16.0. The van der Waals surface area contributed by atoms with E-state index in [4.69, 9.17) is 0 Å². The van der Waals surface area contributed by atoms with Crippen LogP contribution in [0.1, 0.15) is 37.5 Å². The summed E-state index contributed by atoms with van der Waals surface area (Å²) in [7, 11) is 0. The van der Waals surface area contributed by atoms with E-state index in [1.807, 2.05) is 6.07 Å². The van der Waals surface area contributed by atoms with Gasteiger partial charge in [0, 0.05) is 14.3 Å². The summed E-state index contributed by atoms with van der Waals surface area (Å²) in [6.45, 7) is -2.67. The van der Waals surface area contributed by atoms with E-state index in [1.165, 1.54) is 41.5 Å². The average Bonchev–Trinajstić information content (AvgIpc) is 2.80. The van der Waals surface area contributed by atoms with Crippen molar-refractivity contribution in [2.45, 2.75) is 39.0 Å². The summed E-state index contributed by atoms with van der Waals surface area (Å²) >= 11 is 2.39. The molecule has 0 fully saturated rings. The fourth-order valence-corrected chi connectivity index (χ4v) is 4.29. The Bertz CT molecular complexity index is 487. The molecule has 2 heterocycles. The molecule has 7 heteroatoms. The molecule has 0 saturated carbocycles. The van der Waals surface area contributed by atoms with Crippen LogP contribution < -0.4 is 56.2 Å². The maximum absolute atomic E-state index is 12.6. The van der Waals surface area contributed by atoms with Gasteiger partial charge in [-0.05, 0) is 18.9 Å². The van der Waals surface area contributed by atoms with Crippen molar-refractivity contribution in [3.63, 3.8) is 0 Å². The van der Waals surface area contributed by atoms with Crippen molar-refractivity contribution in [2.24, 2.45) is 0 Å². The van der Waals surface area contributed by atoms with Gasteiger partial charge in [0.15, 0.2) is 0 Å². The second-order valence-corrected chi connectivity index (χ2v) is 6.76. The van der Waals surface area contributed by atoms with Gasteiger partial charge in [0.05, 0.1) is 0 Å². The fraction of sp³-hybridized carbons (Fsp3) is 0.500. The number of hydrogen-bond acceptors (Lipinski definition) is 2. The van der Waals surface area contributed by atoms with Crippen LogP contribution in [0.15, 0.2) is 12.1 Å². The van der Waals surface area contributed by atoms with Crippen LogP contribution in [0, 0.1) is 0 Å². The van der Waals surface area contributed by atoms with E-state index in [0.29, 0.717) is 0 Å². The summed E-state index contributed by atoms with van der Waals surface area (Å²) < 4.78 is 38.9. The summed E-state index contributed by atoms with van der Waals surface area (Å²) in [6.07, 6.45) is 5.78. The topological polar surface area (TPSA) is 0 Å². The van der Waals surface area contributed by atoms with Crippen LogP contribution in [0.4, 0.5) is 12.9 Å². The Morgan fingerprint density at radius 2 is 1.68 bits per heavy atom. The fourth-order valence-electron chi connectivity index (χ4n) is 1.91. The first kappa shape index (κ1) is 18.2. The smallest absolute Gasteiger partial charge is 0.444 e. The SMILES string of the molecule is CCCCCCc1cc2sc([B-](F)(F)F)cc2s1.[K+]. The van der Waals surface area contributed by atoms with Gasteiger partial charge < -0.3 is 12.9 Å². The molecule has 0 N–H and O–H groups in total. The van der Waals surface area contributed by atoms with Crippen molar-refractivity contribution in [3.8, 4) is 0 Å². The summed E-state index contributed by atoms with van der Waals surface area (Å²) in [5.74, 6) is 0. The number of thiophene rings is 2. The third kappa shape index (κ3) is 5.13. The van der Waals surface area contributed by atoms with E-state index in [9.17, 15) is 12.9 Å². The van der Waals surface area contributed by atoms with Crippen molar-refractivity contribution < 1.29 is 64.3 Å². The Kier molecular flexibility index (Phi) is 7.63. The molecule has 0 bridgehead atoms. The van der Waals surface area contributed by atoms with Crippen molar-refractivity contribution in [2.75, 3.05) is 0 Å². The predicted molar refractivity (Wildman–Crippen MR) is 76.3 cm³/mol. The van der Waals surface area contributed by atoms with Gasteiger partial charge >= 0.3 is 58.4 Å². The van der Waals surface area contributed by atoms with Crippen molar-refractivity contribution in [1.29, 1.82) is 0 Å². The van der Waals surface area contributed by atoms with Gasteiger partial charge in [-0.3, -0.25) is 0 Å². The summed E-state index contributed by atoms with van der Waals surface area (Å²) in [5.41, 5.74) is 0. The minimum absolute atomic E-state index is 0. The molecule has 0 spiro atoms. The minimum Gasteiger partial charge on any atom is -0.444 e. The zero-order valence-electron chi connectivity index (χ0n) is 11.2. The molecule has 2 aromatic heterocycles. The van der Waals surface area contributed by atoms with E-state index in [2.05, 4.69) is 6.92 Å². The molecular weight excluding hydrogens is 315 g/mol. The Balaban J connectivity index is 0.00000180. The molecule has 0 amide bonds. The number of halogens is 3. The third-order valence-corrected chi connectivity index (χ3v) is 5.33. The Labute approximate surface area is 162 Å². The van der Waals surface area contributed by atoms with Crippen LogP contribution in [0.5, 0.6) is 0 Å². The van der Waals surface area contributed by atoms with Crippen molar-refractivity contribution in [1.82, 2.24) is 0 Å². The quantitative estimate of drug-likeness (QED) is 0.562. The summed E-state index contributed by atoms with van der Waals surface area (Å²) in [6, 6.07) is 3.24. The van der Waals surface area contributed by atoms with E-state index in [1.54, 1.807) is 0 Å². The molecule has 2 aromatic rings. The van der Waals surface area contributed by atoms with Crippen LogP contribution in [0.3, 0.4) is 0 Å². The van der Waals surface area contributed by atoms with E-state index in [0.717, 1.165) is 33.6 Å². The molecule has 0 saturated heterocycles. The number of unbranched alkanes of at least 4 members (excludes halogenated alkanes) is 3. The second-order valence-electron chi connectivity index (χ2n) is 4.48. The Hall–Kier alpha value is 1.15. The van der Waals surface area contributed by atoms with Crippen molar-refractivity contribution in [3.05, 3.63) is 17.0 Å². The van der Waals surface area contributed by atoms with Crippen LogP contribution in [-0.2, 0) is 6.42 Å². The molecule has 0 aliphatic rings. The Morgan fingerprint density at radius 1 is 1.00 bits per heavy atom. The molecule has 100 valence electrons. The van der Waals surface area contributed by atoms with Crippen molar-refractivity contribution >= 4 is 43.8 Å². The van der Waals surface area contributed by atoms with E-state index in [-0.39, 0.29) is 51.4 Å². The number of aryl methyl sites for hydroxylation is 1. The van der Waals surface area contributed by atoms with Gasteiger partial charge in [-0.1, -0.05) is 37.0 Å². The molecule has 0 aromatic carbocycles. The van der Waals surface area contributed by atoms with E-state index < -0.39 is 11.8 Å². The van der Waals surface area contributed by atoms with Crippen LogP contribution >= 0.6 is 22.7 Å². The van der Waals surface area contributed by atoms with Gasteiger partial charge in [0.25, 0.3) is 0 Å². The van der Waals surface area contributed by atoms with Gasteiger partial charge in [-0.25, -0.2) is 0 Å². The summed E-state index contributed by atoms with van der Waals surface area (Å²) in [4.78, 5) is 1.22.